The molecule has 2 heterocycles. The van der Waals surface area contributed by atoms with Crippen molar-refractivity contribution < 1.29 is 14.3 Å². The molecule has 0 aliphatic carbocycles. The number of nitrogens with one attached hydrogen (secondary N) is 1. The summed E-state index contributed by atoms with van der Waals surface area (Å²) in [6.07, 6.45) is 0.813. The number of carbonyl (C=O) groups excluding carboxylic acids is 1. The Morgan fingerprint density at radius 2 is 1.93 bits per heavy atom. The highest BCUT2D eigenvalue weighted by atomic mass is 16.5. The van der Waals surface area contributed by atoms with Gasteiger partial charge >= 0.3 is 0 Å². The van der Waals surface area contributed by atoms with Crippen LogP contribution in [-0.2, 0) is 11.3 Å². The molecule has 0 atom stereocenters. The Hall–Kier alpha value is -3.35. The molecule has 7 heteroatoms. The molecule has 0 unspecified atom stereocenters. The summed E-state index contributed by atoms with van der Waals surface area (Å²) in [6, 6.07) is 12.4. The molecule has 138 valence electrons. The number of nitrogens with zero attached hydrogens (tertiary/aromatic N) is 2. The van der Waals surface area contributed by atoms with Gasteiger partial charge < -0.3 is 14.8 Å². The molecule has 0 radical (unpaired) electrons. The molecule has 0 saturated heterocycles. The molecule has 27 heavy (non-hydrogen) atoms. The van der Waals surface area contributed by atoms with Crippen LogP contribution in [0.3, 0.4) is 0 Å². The summed E-state index contributed by atoms with van der Waals surface area (Å²) in [4.78, 5) is 29.6. The van der Waals surface area contributed by atoms with Gasteiger partial charge in [0.2, 0.25) is 5.91 Å². The maximum absolute atomic E-state index is 12.7. The molecular formula is C20H19N3O4. The second-order valence-electron chi connectivity index (χ2n) is 6.33. The molecule has 1 aromatic heterocycles. The smallest absolute Gasteiger partial charge is 0.261 e. The molecule has 0 saturated carbocycles. The molecule has 7 nitrogen and oxygen atoms in total. The van der Waals surface area contributed by atoms with Gasteiger partial charge in [0, 0.05) is 18.2 Å². The SMILES string of the molecule is Cc1nc2ccccc2c(=O)n1CC(=O)Nc1ccc2c(c1)OCCCO2. The van der Waals surface area contributed by atoms with Crippen molar-refractivity contribution in [3.8, 4) is 11.5 Å². The van der Waals surface area contributed by atoms with Gasteiger partial charge in [-0.05, 0) is 31.2 Å². The van der Waals surface area contributed by atoms with Gasteiger partial charge in [-0.1, -0.05) is 12.1 Å². The molecule has 1 aliphatic heterocycles. The number of carbonyl (C=O) groups is 1. The van der Waals surface area contributed by atoms with E-state index in [2.05, 4.69) is 10.3 Å². The zero-order valence-corrected chi connectivity index (χ0v) is 14.9. The Morgan fingerprint density at radius 3 is 2.78 bits per heavy atom. The number of benzene rings is 2. The minimum atomic E-state index is -0.313. The lowest BCUT2D eigenvalue weighted by Gasteiger charge is -2.12. The number of aromatic nitrogens is 2. The third-order valence-corrected chi connectivity index (χ3v) is 4.39. The summed E-state index contributed by atoms with van der Waals surface area (Å²) >= 11 is 0. The highest BCUT2D eigenvalue weighted by molar-refractivity contribution is 5.91. The summed E-state index contributed by atoms with van der Waals surface area (Å²) in [6.45, 7) is 2.78. The molecule has 4 rings (SSSR count). The number of ether oxygens (including phenoxy) is 2. The standard InChI is InChI=1S/C20H19N3O4/c1-13-21-16-6-3-2-5-15(16)20(25)23(13)12-19(24)22-14-7-8-17-18(11-14)27-10-4-9-26-17/h2-3,5-8,11H,4,9-10,12H2,1H3,(H,22,24). The van der Waals surface area contributed by atoms with Crippen molar-refractivity contribution in [2.45, 2.75) is 19.9 Å². The Kier molecular flexibility index (Phi) is 4.50. The van der Waals surface area contributed by atoms with Crippen LogP contribution in [0.25, 0.3) is 10.9 Å². The Balaban J connectivity index is 1.56. The summed E-state index contributed by atoms with van der Waals surface area (Å²) in [5.74, 6) is 1.45. The molecule has 2 aromatic carbocycles. The molecule has 1 amide bonds. The van der Waals surface area contributed by atoms with E-state index in [0.717, 1.165) is 6.42 Å². The van der Waals surface area contributed by atoms with Crippen LogP contribution in [0.4, 0.5) is 5.69 Å². The van der Waals surface area contributed by atoms with Gasteiger partial charge in [0.05, 0.1) is 24.1 Å². The van der Waals surface area contributed by atoms with Gasteiger partial charge in [0.1, 0.15) is 12.4 Å². The van der Waals surface area contributed by atoms with E-state index in [1.165, 1.54) is 4.57 Å². The fraction of sp³-hybridized carbons (Fsp3) is 0.250. The number of hydrogen-bond donors (Lipinski definition) is 1. The summed E-state index contributed by atoms with van der Waals surface area (Å²) < 4.78 is 12.6. The number of para-hydroxylation sites is 1. The normalized spacial score (nSPS) is 13.2. The first kappa shape index (κ1) is 17.1. The summed E-state index contributed by atoms with van der Waals surface area (Å²) in [5.41, 5.74) is 0.982. The van der Waals surface area contributed by atoms with Gasteiger partial charge in [-0.15, -0.1) is 0 Å². The van der Waals surface area contributed by atoms with Crippen LogP contribution in [-0.4, -0.2) is 28.7 Å². The summed E-state index contributed by atoms with van der Waals surface area (Å²) in [5, 5.41) is 3.29. The average Bonchev–Trinajstić information content (AvgIpc) is 2.90. The Labute approximate surface area is 155 Å². The molecule has 1 N–H and O–H groups in total. The maximum Gasteiger partial charge on any atom is 0.261 e. The third-order valence-electron chi connectivity index (χ3n) is 4.39. The van der Waals surface area contributed by atoms with Crippen molar-refractivity contribution in [3.63, 3.8) is 0 Å². The predicted octanol–water partition coefficient (Wildman–Crippen LogP) is 2.50. The lowest BCUT2D eigenvalue weighted by atomic mass is 10.2. The van der Waals surface area contributed by atoms with Gasteiger partial charge in [-0.3, -0.25) is 14.2 Å². The van der Waals surface area contributed by atoms with Crippen LogP contribution >= 0.6 is 0 Å². The zero-order valence-electron chi connectivity index (χ0n) is 14.9. The van der Waals surface area contributed by atoms with Gasteiger partial charge in [-0.2, -0.15) is 0 Å². The minimum absolute atomic E-state index is 0.114. The second-order valence-corrected chi connectivity index (χ2v) is 6.33. The van der Waals surface area contributed by atoms with E-state index in [4.69, 9.17) is 9.47 Å². The van der Waals surface area contributed by atoms with Gasteiger partial charge in [0.15, 0.2) is 11.5 Å². The fourth-order valence-corrected chi connectivity index (χ4v) is 3.05. The van der Waals surface area contributed by atoms with E-state index in [9.17, 15) is 9.59 Å². The molecule has 0 spiro atoms. The van der Waals surface area contributed by atoms with Crippen molar-refractivity contribution >= 4 is 22.5 Å². The van der Waals surface area contributed by atoms with Crippen LogP contribution in [0, 0.1) is 6.92 Å². The molecule has 3 aromatic rings. The molecule has 0 fully saturated rings. The number of hydrogen-bond acceptors (Lipinski definition) is 5. The first-order chi connectivity index (χ1) is 13.1. The van der Waals surface area contributed by atoms with E-state index in [1.807, 2.05) is 6.07 Å². The number of aryl methyl sites for hydroxylation is 1. The second kappa shape index (κ2) is 7.11. The van der Waals surface area contributed by atoms with Crippen LogP contribution in [0.1, 0.15) is 12.2 Å². The zero-order chi connectivity index (χ0) is 18.8. The number of rotatable bonds is 3. The van der Waals surface area contributed by atoms with E-state index in [1.54, 1.807) is 43.3 Å². The largest absolute Gasteiger partial charge is 0.490 e. The van der Waals surface area contributed by atoms with Crippen LogP contribution < -0.4 is 20.3 Å². The maximum atomic E-state index is 12.7. The van der Waals surface area contributed by atoms with Crippen molar-refractivity contribution in [1.82, 2.24) is 9.55 Å². The molecule has 0 bridgehead atoms. The topological polar surface area (TPSA) is 82.5 Å². The van der Waals surface area contributed by atoms with Crippen LogP contribution in [0.2, 0.25) is 0 Å². The van der Waals surface area contributed by atoms with E-state index < -0.39 is 0 Å². The average molecular weight is 365 g/mol. The van der Waals surface area contributed by atoms with E-state index >= 15 is 0 Å². The predicted molar refractivity (Wildman–Crippen MR) is 101 cm³/mol. The van der Waals surface area contributed by atoms with Crippen LogP contribution in [0.5, 0.6) is 11.5 Å². The highest BCUT2D eigenvalue weighted by Crippen LogP contribution is 2.32. The number of anilines is 1. The van der Waals surface area contributed by atoms with Crippen LogP contribution in [0.15, 0.2) is 47.3 Å². The van der Waals surface area contributed by atoms with E-state index in [-0.39, 0.29) is 18.0 Å². The number of fused-ring (bicyclic) bond motifs is 2. The summed E-state index contributed by atoms with van der Waals surface area (Å²) in [7, 11) is 0. The van der Waals surface area contributed by atoms with Gasteiger partial charge in [-0.25, -0.2) is 4.98 Å². The molecular weight excluding hydrogens is 346 g/mol. The fourth-order valence-electron chi connectivity index (χ4n) is 3.05. The number of amides is 1. The van der Waals surface area contributed by atoms with Crippen molar-refractivity contribution in [2.24, 2.45) is 0 Å². The lowest BCUT2D eigenvalue weighted by molar-refractivity contribution is -0.116. The lowest BCUT2D eigenvalue weighted by Crippen LogP contribution is -2.30. The van der Waals surface area contributed by atoms with E-state index in [0.29, 0.717) is 47.1 Å². The Bertz CT molecular complexity index is 1070. The third kappa shape index (κ3) is 3.48. The first-order valence-electron chi connectivity index (χ1n) is 8.77. The molecule has 1 aliphatic rings. The Morgan fingerprint density at radius 1 is 1.15 bits per heavy atom. The monoisotopic (exact) mass is 365 g/mol. The first-order valence-corrected chi connectivity index (χ1v) is 8.77. The minimum Gasteiger partial charge on any atom is -0.490 e. The van der Waals surface area contributed by atoms with Crippen molar-refractivity contribution in [2.75, 3.05) is 18.5 Å². The van der Waals surface area contributed by atoms with Crippen molar-refractivity contribution in [1.29, 1.82) is 0 Å². The highest BCUT2D eigenvalue weighted by Gasteiger charge is 2.14. The quantitative estimate of drug-likeness (QED) is 0.771. The van der Waals surface area contributed by atoms with Crippen molar-refractivity contribution in [3.05, 3.63) is 58.6 Å². The van der Waals surface area contributed by atoms with Gasteiger partial charge in [0.25, 0.3) is 5.56 Å².